The van der Waals surface area contributed by atoms with Crippen LogP contribution >= 0.6 is 11.6 Å². The maximum Gasteiger partial charge on any atom is 0.226 e. The number of halogens is 1. The average molecular weight is 330 g/mol. The van der Waals surface area contributed by atoms with Crippen LogP contribution in [0.4, 0.5) is 5.82 Å². The van der Waals surface area contributed by atoms with Gasteiger partial charge in [-0.2, -0.15) is 9.97 Å². The molecule has 3 rings (SSSR count). The number of fused-ring (bicyclic) bond motifs is 1. The molecule has 4 atom stereocenters. The first-order valence-electron chi connectivity index (χ1n) is 6.63. The molecule has 0 unspecified atom stereocenters. The van der Waals surface area contributed by atoms with Gasteiger partial charge in [-0.25, -0.2) is 4.98 Å². The van der Waals surface area contributed by atoms with Crippen LogP contribution in [0.1, 0.15) is 13.2 Å². The highest BCUT2D eigenvalue weighted by atomic mass is 35.5. The Morgan fingerprint density at radius 2 is 2.18 bits per heavy atom. The molecule has 1 saturated heterocycles. The molecule has 1 aliphatic rings. The van der Waals surface area contributed by atoms with Crippen molar-refractivity contribution >= 4 is 28.6 Å². The van der Waals surface area contributed by atoms with Gasteiger partial charge in [0, 0.05) is 5.41 Å². The molecule has 22 heavy (non-hydrogen) atoms. The fourth-order valence-electron chi connectivity index (χ4n) is 2.68. The molecule has 0 amide bonds. The van der Waals surface area contributed by atoms with E-state index in [9.17, 15) is 15.3 Å². The Labute approximate surface area is 130 Å². The van der Waals surface area contributed by atoms with Crippen molar-refractivity contribution in [1.29, 1.82) is 0 Å². The molecule has 0 aliphatic carbocycles. The predicted molar refractivity (Wildman–Crippen MR) is 76.9 cm³/mol. The van der Waals surface area contributed by atoms with E-state index in [4.69, 9.17) is 22.1 Å². The Balaban J connectivity index is 2.09. The lowest BCUT2D eigenvalue weighted by molar-refractivity contribution is -0.0539. The first kappa shape index (κ1) is 15.4. The first-order valence-corrected chi connectivity index (χ1v) is 7.01. The second-order valence-electron chi connectivity index (χ2n) is 5.51. The lowest BCUT2D eigenvalue weighted by Gasteiger charge is -2.29. The van der Waals surface area contributed by atoms with E-state index in [1.165, 1.54) is 10.9 Å². The smallest absolute Gasteiger partial charge is 0.226 e. The van der Waals surface area contributed by atoms with Gasteiger partial charge in [-0.1, -0.05) is 6.92 Å². The van der Waals surface area contributed by atoms with Crippen molar-refractivity contribution in [2.75, 3.05) is 18.9 Å². The van der Waals surface area contributed by atoms with Gasteiger partial charge in [0.2, 0.25) is 5.28 Å². The van der Waals surface area contributed by atoms with Crippen molar-refractivity contribution < 1.29 is 20.1 Å². The summed E-state index contributed by atoms with van der Waals surface area (Å²) >= 11 is 5.81. The molecule has 1 aliphatic heterocycles. The van der Waals surface area contributed by atoms with Gasteiger partial charge in [0.1, 0.15) is 11.6 Å². The summed E-state index contributed by atoms with van der Waals surface area (Å²) in [4.78, 5) is 12.0. The largest absolute Gasteiger partial charge is 0.396 e. The first-order chi connectivity index (χ1) is 10.4. The highest BCUT2D eigenvalue weighted by molar-refractivity contribution is 6.28. The number of nitrogens with two attached hydrogens (primary N) is 1. The highest BCUT2D eigenvalue weighted by Crippen LogP contribution is 2.43. The number of aliphatic hydroxyl groups is 3. The quantitative estimate of drug-likeness (QED) is 0.543. The zero-order valence-electron chi connectivity index (χ0n) is 11.7. The third-order valence-corrected chi connectivity index (χ3v) is 4.36. The second kappa shape index (κ2) is 5.28. The summed E-state index contributed by atoms with van der Waals surface area (Å²) in [6.07, 6.45) is -1.30. The Hall–Kier alpha value is -1.52. The van der Waals surface area contributed by atoms with E-state index >= 15 is 0 Å². The summed E-state index contributed by atoms with van der Waals surface area (Å²) < 4.78 is 7.15. The van der Waals surface area contributed by atoms with Gasteiger partial charge in [0.15, 0.2) is 17.7 Å². The molecule has 10 heteroatoms. The summed E-state index contributed by atoms with van der Waals surface area (Å²) in [6, 6.07) is 0. The molecule has 0 aromatic carbocycles. The summed E-state index contributed by atoms with van der Waals surface area (Å²) in [5.74, 6) is 0.116. The van der Waals surface area contributed by atoms with E-state index in [0.717, 1.165) is 0 Å². The van der Waals surface area contributed by atoms with Crippen molar-refractivity contribution in [1.82, 2.24) is 19.5 Å². The van der Waals surface area contributed by atoms with Crippen molar-refractivity contribution in [3.05, 3.63) is 11.6 Å². The maximum absolute atomic E-state index is 10.5. The van der Waals surface area contributed by atoms with Crippen LogP contribution in [0, 0.1) is 5.41 Å². The molecule has 0 saturated carbocycles. The Bertz CT molecular complexity index is 710. The van der Waals surface area contributed by atoms with Crippen LogP contribution in [0.3, 0.4) is 0 Å². The third kappa shape index (κ3) is 2.05. The van der Waals surface area contributed by atoms with E-state index in [0.29, 0.717) is 11.2 Å². The molecule has 0 spiro atoms. The zero-order valence-corrected chi connectivity index (χ0v) is 12.5. The fraction of sp³-hybridized carbons (Fsp3) is 0.583. The Morgan fingerprint density at radius 1 is 1.45 bits per heavy atom. The standard InChI is InChI=1S/C12H16ClN5O4/c1-12(3-20)5(2-19)22-10(7(12)21)18-4-15-6-8(14)16-11(13)17-9(6)18/h4-5,7,10,19-21H,2-3H2,1H3,(H2,14,16,17)/t5-,7+,10-,12+/m1/s1. The molecule has 3 heterocycles. The minimum Gasteiger partial charge on any atom is -0.396 e. The molecule has 2 aromatic rings. The van der Waals surface area contributed by atoms with E-state index in [1.807, 2.05) is 0 Å². The number of nitrogen functional groups attached to an aromatic ring is 1. The minimum absolute atomic E-state index is 0.0529. The predicted octanol–water partition coefficient (Wildman–Crippen LogP) is -0.689. The van der Waals surface area contributed by atoms with E-state index in [-0.39, 0.29) is 24.3 Å². The minimum atomic E-state index is -1.08. The number of ether oxygens (including phenoxy) is 1. The van der Waals surface area contributed by atoms with Crippen LogP contribution in [-0.2, 0) is 4.74 Å². The molecule has 0 radical (unpaired) electrons. The van der Waals surface area contributed by atoms with Crippen molar-refractivity contribution in [2.45, 2.75) is 25.4 Å². The van der Waals surface area contributed by atoms with Crippen LogP contribution < -0.4 is 5.73 Å². The van der Waals surface area contributed by atoms with E-state index in [1.54, 1.807) is 6.92 Å². The fourth-order valence-corrected chi connectivity index (χ4v) is 2.85. The maximum atomic E-state index is 10.5. The third-order valence-electron chi connectivity index (χ3n) is 4.19. The lowest BCUT2D eigenvalue weighted by Crippen LogP contribution is -2.42. The molecule has 0 bridgehead atoms. The number of nitrogens with zero attached hydrogens (tertiary/aromatic N) is 4. The molecule has 2 aromatic heterocycles. The van der Waals surface area contributed by atoms with Crippen molar-refractivity contribution in [3.8, 4) is 0 Å². The van der Waals surface area contributed by atoms with E-state index < -0.39 is 23.9 Å². The molecular weight excluding hydrogens is 314 g/mol. The lowest BCUT2D eigenvalue weighted by atomic mass is 9.81. The number of rotatable bonds is 3. The highest BCUT2D eigenvalue weighted by Gasteiger charge is 2.53. The van der Waals surface area contributed by atoms with Gasteiger partial charge >= 0.3 is 0 Å². The number of hydrogen-bond donors (Lipinski definition) is 4. The van der Waals surface area contributed by atoms with Crippen LogP contribution in [0.5, 0.6) is 0 Å². The van der Waals surface area contributed by atoms with Crippen LogP contribution in [-0.4, -0.2) is 60.3 Å². The number of aliphatic hydroxyl groups excluding tert-OH is 3. The van der Waals surface area contributed by atoms with Gasteiger partial charge in [0.25, 0.3) is 0 Å². The van der Waals surface area contributed by atoms with Crippen LogP contribution in [0.2, 0.25) is 5.28 Å². The number of anilines is 1. The van der Waals surface area contributed by atoms with Crippen molar-refractivity contribution in [3.63, 3.8) is 0 Å². The SMILES string of the molecule is C[C@]1(CO)[C@@H](CO)O[C@@H](n2cnc3c(N)nc(Cl)nc32)[C@@H]1O. The normalized spacial score (nSPS) is 32.0. The summed E-state index contributed by atoms with van der Waals surface area (Å²) in [7, 11) is 0. The zero-order chi connectivity index (χ0) is 16.1. The second-order valence-corrected chi connectivity index (χ2v) is 5.85. The molecule has 120 valence electrons. The summed E-state index contributed by atoms with van der Waals surface area (Å²) in [5.41, 5.74) is 5.36. The van der Waals surface area contributed by atoms with Gasteiger partial charge in [-0.3, -0.25) is 4.57 Å². The van der Waals surface area contributed by atoms with Gasteiger partial charge < -0.3 is 25.8 Å². The monoisotopic (exact) mass is 329 g/mol. The van der Waals surface area contributed by atoms with Gasteiger partial charge in [-0.15, -0.1) is 0 Å². The number of imidazole rings is 1. The molecular formula is C12H16ClN5O4. The van der Waals surface area contributed by atoms with Gasteiger partial charge in [0.05, 0.1) is 25.6 Å². The number of hydrogen-bond acceptors (Lipinski definition) is 8. The molecule has 5 N–H and O–H groups in total. The van der Waals surface area contributed by atoms with Crippen LogP contribution in [0.15, 0.2) is 6.33 Å². The van der Waals surface area contributed by atoms with Gasteiger partial charge in [-0.05, 0) is 11.6 Å². The van der Waals surface area contributed by atoms with E-state index in [2.05, 4.69) is 15.0 Å². The Morgan fingerprint density at radius 3 is 2.77 bits per heavy atom. The topological polar surface area (TPSA) is 140 Å². The van der Waals surface area contributed by atoms with Crippen molar-refractivity contribution in [2.24, 2.45) is 5.41 Å². The summed E-state index contributed by atoms with van der Waals surface area (Å²) in [5, 5.41) is 29.5. The summed E-state index contributed by atoms with van der Waals surface area (Å²) in [6.45, 7) is 0.948. The molecule has 1 fully saturated rings. The van der Waals surface area contributed by atoms with Crippen LogP contribution in [0.25, 0.3) is 11.2 Å². The number of aromatic nitrogens is 4. The Kier molecular flexibility index (Phi) is 3.69. The molecule has 9 nitrogen and oxygen atoms in total. The average Bonchev–Trinajstić information content (AvgIpc) is 3.00.